The van der Waals surface area contributed by atoms with E-state index in [9.17, 15) is 4.79 Å². The fraction of sp³-hybridized carbons (Fsp3) is 0.364. The summed E-state index contributed by atoms with van der Waals surface area (Å²) < 4.78 is 5.01. The van der Waals surface area contributed by atoms with Crippen LogP contribution in [0.2, 0.25) is 0 Å². The van der Waals surface area contributed by atoms with Crippen LogP contribution in [-0.2, 0) is 0 Å². The Kier molecular flexibility index (Phi) is 5.93. The van der Waals surface area contributed by atoms with Crippen LogP contribution in [0.3, 0.4) is 0 Å². The first-order chi connectivity index (χ1) is 8.76. The smallest absolute Gasteiger partial charge is 0.319 e. The number of azide groups is 1. The highest BCUT2D eigenvalue weighted by Crippen LogP contribution is 2.14. The van der Waals surface area contributed by atoms with Crippen molar-refractivity contribution in [3.8, 4) is 5.75 Å². The van der Waals surface area contributed by atoms with Crippen molar-refractivity contribution in [1.82, 2.24) is 5.32 Å². The van der Waals surface area contributed by atoms with E-state index in [0.29, 0.717) is 25.2 Å². The van der Waals surface area contributed by atoms with Crippen molar-refractivity contribution in [3.05, 3.63) is 34.7 Å². The zero-order chi connectivity index (χ0) is 13.2. The fourth-order valence-electron chi connectivity index (χ4n) is 1.25. The highest BCUT2D eigenvalue weighted by atomic mass is 16.5. The molecule has 0 aromatic heterocycles. The van der Waals surface area contributed by atoms with Crippen molar-refractivity contribution in [1.29, 1.82) is 0 Å². The average Bonchev–Trinajstić information content (AvgIpc) is 2.39. The Morgan fingerprint density at radius 3 is 2.78 bits per heavy atom. The lowest BCUT2D eigenvalue weighted by molar-refractivity contribution is 0.252. The minimum atomic E-state index is -0.291. The first-order valence-electron chi connectivity index (χ1n) is 5.46. The number of nitrogens with zero attached hydrogens (tertiary/aromatic N) is 3. The third-order valence-corrected chi connectivity index (χ3v) is 2.13. The maximum absolute atomic E-state index is 11.4. The Bertz CT molecular complexity index is 426. The second-order valence-corrected chi connectivity index (χ2v) is 3.42. The third-order valence-electron chi connectivity index (χ3n) is 2.13. The summed E-state index contributed by atoms with van der Waals surface area (Å²) in [5, 5.41) is 8.70. The van der Waals surface area contributed by atoms with Crippen LogP contribution in [0.4, 0.5) is 10.5 Å². The van der Waals surface area contributed by atoms with Crippen LogP contribution >= 0.6 is 0 Å². The number of urea groups is 1. The van der Waals surface area contributed by atoms with E-state index in [1.807, 2.05) is 0 Å². The van der Waals surface area contributed by atoms with E-state index in [4.69, 9.17) is 10.3 Å². The number of rotatable bonds is 6. The van der Waals surface area contributed by atoms with Gasteiger partial charge >= 0.3 is 6.03 Å². The number of nitrogens with one attached hydrogen (secondary N) is 2. The number of carbonyl (C=O) groups is 1. The number of methoxy groups -OCH3 is 1. The minimum absolute atomic E-state index is 0.291. The van der Waals surface area contributed by atoms with E-state index in [0.717, 1.165) is 5.75 Å². The second-order valence-electron chi connectivity index (χ2n) is 3.42. The number of carbonyl (C=O) groups excluding carboxylic acids is 1. The van der Waals surface area contributed by atoms with Gasteiger partial charge in [0.1, 0.15) is 5.75 Å². The molecule has 0 saturated carbocycles. The number of hydrogen-bond donors (Lipinski definition) is 2. The predicted octanol–water partition coefficient (Wildman–Crippen LogP) is 2.52. The first kappa shape index (κ1) is 13.7. The third kappa shape index (κ3) is 5.09. The molecule has 0 unspecified atom stereocenters. The van der Waals surface area contributed by atoms with E-state index in [2.05, 4.69) is 20.7 Å². The molecule has 1 aromatic carbocycles. The summed E-state index contributed by atoms with van der Waals surface area (Å²) in [6.07, 6.45) is 0.611. The SMILES string of the molecule is COc1ccc(NC(=O)NCCCN=[N+]=[N-])cc1. The van der Waals surface area contributed by atoms with Crippen LogP contribution in [0.1, 0.15) is 6.42 Å². The molecule has 0 atom stereocenters. The van der Waals surface area contributed by atoms with Gasteiger partial charge in [-0.15, -0.1) is 0 Å². The van der Waals surface area contributed by atoms with Gasteiger partial charge in [-0.25, -0.2) is 4.79 Å². The molecular weight excluding hydrogens is 234 g/mol. The van der Waals surface area contributed by atoms with Gasteiger partial charge in [0.15, 0.2) is 0 Å². The van der Waals surface area contributed by atoms with Gasteiger partial charge in [-0.2, -0.15) is 0 Å². The van der Waals surface area contributed by atoms with E-state index >= 15 is 0 Å². The summed E-state index contributed by atoms with van der Waals surface area (Å²) in [6.45, 7) is 0.834. The first-order valence-corrected chi connectivity index (χ1v) is 5.46. The topological polar surface area (TPSA) is 99.1 Å². The average molecular weight is 249 g/mol. The predicted molar refractivity (Wildman–Crippen MR) is 68.6 cm³/mol. The van der Waals surface area contributed by atoms with Gasteiger partial charge in [0, 0.05) is 23.7 Å². The van der Waals surface area contributed by atoms with Crippen LogP contribution < -0.4 is 15.4 Å². The molecule has 0 fully saturated rings. The summed E-state index contributed by atoms with van der Waals surface area (Å²) in [5.74, 6) is 0.732. The highest BCUT2D eigenvalue weighted by Gasteiger charge is 2.00. The van der Waals surface area contributed by atoms with Crippen molar-refractivity contribution < 1.29 is 9.53 Å². The zero-order valence-corrected chi connectivity index (χ0v) is 10.1. The van der Waals surface area contributed by atoms with E-state index in [-0.39, 0.29) is 6.03 Å². The highest BCUT2D eigenvalue weighted by molar-refractivity contribution is 5.89. The lowest BCUT2D eigenvalue weighted by Gasteiger charge is -2.07. The van der Waals surface area contributed by atoms with Crippen molar-refractivity contribution in [2.45, 2.75) is 6.42 Å². The monoisotopic (exact) mass is 249 g/mol. The molecule has 0 aliphatic heterocycles. The Morgan fingerprint density at radius 1 is 1.44 bits per heavy atom. The number of anilines is 1. The fourth-order valence-corrected chi connectivity index (χ4v) is 1.25. The molecule has 1 aromatic rings. The quantitative estimate of drug-likeness (QED) is 0.350. The van der Waals surface area contributed by atoms with Crippen molar-refractivity contribution in [2.75, 3.05) is 25.5 Å². The van der Waals surface area contributed by atoms with Crippen molar-refractivity contribution in [2.24, 2.45) is 5.11 Å². The van der Waals surface area contributed by atoms with E-state index in [1.54, 1.807) is 31.4 Å². The van der Waals surface area contributed by atoms with Gasteiger partial charge in [-0.05, 0) is 36.2 Å². The van der Waals surface area contributed by atoms with Gasteiger partial charge in [0.2, 0.25) is 0 Å². The van der Waals surface area contributed by atoms with Gasteiger partial charge in [-0.3, -0.25) is 0 Å². The van der Waals surface area contributed by atoms with Gasteiger partial charge in [0.05, 0.1) is 7.11 Å². The standard InChI is InChI=1S/C11H15N5O2/c1-18-10-5-3-9(4-6-10)15-11(17)13-7-2-8-14-16-12/h3-6H,2,7-8H2,1H3,(H2,13,15,17). The molecule has 7 heteroatoms. The van der Waals surface area contributed by atoms with Gasteiger partial charge < -0.3 is 15.4 Å². The van der Waals surface area contributed by atoms with Crippen molar-refractivity contribution in [3.63, 3.8) is 0 Å². The number of ether oxygens (including phenoxy) is 1. The molecule has 96 valence electrons. The Hall–Kier alpha value is -2.40. The van der Waals surface area contributed by atoms with Crippen molar-refractivity contribution >= 4 is 11.7 Å². The molecule has 7 nitrogen and oxygen atoms in total. The lowest BCUT2D eigenvalue weighted by Crippen LogP contribution is -2.29. The molecule has 2 amide bonds. The molecule has 0 bridgehead atoms. The molecule has 0 aliphatic rings. The van der Waals surface area contributed by atoms with Crippen LogP contribution in [-0.4, -0.2) is 26.2 Å². The molecule has 0 aliphatic carbocycles. The Balaban J connectivity index is 2.28. The maximum Gasteiger partial charge on any atom is 0.319 e. The molecule has 0 radical (unpaired) electrons. The number of hydrogen-bond acceptors (Lipinski definition) is 3. The Labute approximate surface area is 105 Å². The van der Waals surface area contributed by atoms with Crippen LogP contribution in [0.5, 0.6) is 5.75 Å². The minimum Gasteiger partial charge on any atom is -0.497 e. The largest absolute Gasteiger partial charge is 0.497 e. The van der Waals surface area contributed by atoms with E-state index < -0.39 is 0 Å². The molecular formula is C11H15N5O2. The summed E-state index contributed by atoms with van der Waals surface area (Å²) in [6, 6.07) is 6.73. The second kappa shape index (κ2) is 7.81. The Morgan fingerprint density at radius 2 is 2.17 bits per heavy atom. The summed E-state index contributed by atoms with van der Waals surface area (Å²) in [4.78, 5) is 14.1. The normalized spacial score (nSPS) is 9.17. The van der Waals surface area contributed by atoms with Crippen LogP contribution in [0.25, 0.3) is 10.4 Å². The summed E-state index contributed by atoms with van der Waals surface area (Å²) >= 11 is 0. The van der Waals surface area contributed by atoms with Crippen LogP contribution in [0.15, 0.2) is 29.4 Å². The van der Waals surface area contributed by atoms with Crippen LogP contribution in [0, 0.1) is 0 Å². The molecule has 1 rings (SSSR count). The lowest BCUT2D eigenvalue weighted by atomic mass is 10.3. The van der Waals surface area contributed by atoms with E-state index in [1.165, 1.54) is 0 Å². The molecule has 0 saturated heterocycles. The molecule has 2 N–H and O–H groups in total. The summed E-state index contributed by atoms with van der Waals surface area (Å²) in [5.41, 5.74) is 8.74. The molecule has 18 heavy (non-hydrogen) atoms. The number of benzene rings is 1. The number of amides is 2. The summed E-state index contributed by atoms with van der Waals surface area (Å²) in [7, 11) is 1.58. The molecule has 0 spiro atoms. The van der Waals surface area contributed by atoms with Gasteiger partial charge in [-0.1, -0.05) is 5.11 Å². The van der Waals surface area contributed by atoms with Gasteiger partial charge in [0.25, 0.3) is 0 Å². The maximum atomic E-state index is 11.4. The zero-order valence-electron chi connectivity index (χ0n) is 10.1. The molecule has 0 heterocycles.